The van der Waals surface area contributed by atoms with Crippen LogP contribution in [0.3, 0.4) is 0 Å². The second-order valence-corrected chi connectivity index (χ2v) is 3.22. The van der Waals surface area contributed by atoms with E-state index >= 15 is 0 Å². The van der Waals surface area contributed by atoms with Crippen molar-refractivity contribution in [3.8, 4) is 0 Å². The monoisotopic (exact) mass is 172 g/mol. The lowest BCUT2D eigenvalue weighted by Gasteiger charge is -2.38. The molecule has 2 unspecified atom stereocenters. The van der Waals surface area contributed by atoms with E-state index in [1.165, 1.54) is 0 Å². The van der Waals surface area contributed by atoms with Crippen LogP contribution >= 0.6 is 0 Å². The number of piperidine rings is 1. The highest BCUT2D eigenvalue weighted by atomic mass is 16.5. The Balaban J connectivity index is 2.66. The average molecular weight is 172 g/mol. The predicted octanol–water partition coefficient (Wildman–Crippen LogP) is 0.912. The fraction of sp³-hybridized carbons (Fsp3) is 0.875. The lowest BCUT2D eigenvalue weighted by molar-refractivity contribution is -0.0485. The highest BCUT2D eigenvalue weighted by Crippen LogP contribution is 2.22. The summed E-state index contributed by atoms with van der Waals surface area (Å²) in [4.78, 5) is 12.6. The highest BCUT2D eigenvalue weighted by Gasteiger charge is 2.29. The van der Waals surface area contributed by atoms with Crippen LogP contribution in [0.4, 0.5) is 4.79 Å². The summed E-state index contributed by atoms with van der Waals surface area (Å²) in [6.45, 7) is 2.00. The summed E-state index contributed by atoms with van der Waals surface area (Å²) in [6.07, 6.45) is 2.89. The van der Waals surface area contributed by atoms with Crippen LogP contribution in [0.1, 0.15) is 26.2 Å². The Morgan fingerprint density at radius 2 is 2.25 bits per heavy atom. The SMILES string of the molecule is COC1CCCC(C)N1C(N)=O. The van der Waals surface area contributed by atoms with Gasteiger partial charge >= 0.3 is 6.03 Å². The molecule has 70 valence electrons. The second-order valence-electron chi connectivity index (χ2n) is 3.22. The van der Waals surface area contributed by atoms with Gasteiger partial charge in [-0.3, -0.25) is 4.90 Å². The molecule has 4 heteroatoms. The molecule has 0 aromatic carbocycles. The van der Waals surface area contributed by atoms with Gasteiger partial charge < -0.3 is 10.5 Å². The van der Waals surface area contributed by atoms with E-state index in [9.17, 15) is 4.79 Å². The Morgan fingerprint density at radius 3 is 2.67 bits per heavy atom. The number of hydrogen-bond donors (Lipinski definition) is 1. The summed E-state index contributed by atoms with van der Waals surface area (Å²) in [5.74, 6) is 0. The zero-order valence-corrected chi connectivity index (χ0v) is 7.62. The Morgan fingerprint density at radius 1 is 1.58 bits per heavy atom. The van der Waals surface area contributed by atoms with Crippen LogP contribution in [-0.4, -0.2) is 30.3 Å². The third-order valence-electron chi connectivity index (χ3n) is 2.38. The molecule has 2 atom stereocenters. The molecule has 1 aliphatic heterocycles. The summed E-state index contributed by atoms with van der Waals surface area (Å²) >= 11 is 0. The van der Waals surface area contributed by atoms with Gasteiger partial charge in [0.1, 0.15) is 6.23 Å². The zero-order chi connectivity index (χ0) is 9.14. The third kappa shape index (κ3) is 1.69. The standard InChI is InChI=1S/C8H16N2O2/c1-6-4-3-5-7(12-2)10(6)8(9)11/h6-7H,3-5H2,1-2H3,(H2,9,11). The van der Waals surface area contributed by atoms with Crippen molar-refractivity contribution in [1.29, 1.82) is 0 Å². The van der Waals surface area contributed by atoms with Gasteiger partial charge in [0.25, 0.3) is 0 Å². The molecule has 0 spiro atoms. The molecule has 4 nitrogen and oxygen atoms in total. The Bertz CT molecular complexity index is 172. The van der Waals surface area contributed by atoms with Crippen LogP contribution < -0.4 is 5.73 Å². The van der Waals surface area contributed by atoms with Crippen molar-refractivity contribution in [2.75, 3.05) is 7.11 Å². The van der Waals surface area contributed by atoms with E-state index in [4.69, 9.17) is 10.5 Å². The molecule has 0 aromatic heterocycles. The highest BCUT2D eigenvalue weighted by molar-refractivity contribution is 5.72. The molecule has 0 aliphatic carbocycles. The average Bonchev–Trinajstić information content (AvgIpc) is 2.03. The van der Waals surface area contributed by atoms with Gasteiger partial charge in [0.2, 0.25) is 0 Å². The van der Waals surface area contributed by atoms with Crippen LogP contribution in [0.15, 0.2) is 0 Å². The number of likely N-dealkylation sites (tertiary alicyclic amines) is 1. The van der Waals surface area contributed by atoms with Gasteiger partial charge in [0.15, 0.2) is 0 Å². The van der Waals surface area contributed by atoms with Gasteiger partial charge in [-0.2, -0.15) is 0 Å². The van der Waals surface area contributed by atoms with Crippen molar-refractivity contribution < 1.29 is 9.53 Å². The fourth-order valence-corrected chi connectivity index (χ4v) is 1.74. The molecule has 1 rings (SSSR count). The summed E-state index contributed by atoms with van der Waals surface area (Å²) in [5, 5.41) is 0. The normalized spacial score (nSPS) is 30.3. The summed E-state index contributed by atoms with van der Waals surface area (Å²) in [6, 6.07) is -0.171. The molecule has 0 bridgehead atoms. The van der Waals surface area contributed by atoms with Gasteiger partial charge in [0.05, 0.1) is 0 Å². The molecule has 2 N–H and O–H groups in total. The van der Waals surface area contributed by atoms with Crippen LogP contribution in [0.2, 0.25) is 0 Å². The molecule has 1 saturated heterocycles. The smallest absolute Gasteiger partial charge is 0.317 e. The second kappa shape index (κ2) is 3.76. The summed E-state index contributed by atoms with van der Waals surface area (Å²) in [7, 11) is 1.61. The number of carbonyl (C=O) groups is 1. The first-order valence-corrected chi connectivity index (χ1v) is 4.27. The Hall–Kier alpha value is -0.770. The molecule has 0 saturated carbocycles. The topological polar surface area (TPSA) is 55.6 Å². The number of hydrogen-bond acceptors (Lipinski definition) is 2. The van der Waals surface area contributed by atoms with E-state index in [1.54, 1.807) is 12.0 Å². The molecule has 0 aromatic rings. The number of urea groups is 1. The minimum Gasteiger partial charge on any atom is -0.361 e. The number of ether oxygens (including phenoxy) is 1. The van der Waals surface area contributed by atoms with Crippen molar-refractivity contribution >= 4 is 6.03 Å². The third-order valence-corrected chi connectivity index (χ3v) is 2.38. The van der Waals surface area contributed by atoms with Crippen molar-refractivity contribution in [1.82, 2.24) is 4.90 Å². The van der Waals surface area contributed by atoms with Crippen molar-refractivity contribution in [3.05, 3.63) is 0 Å². The summed E-state index contributed by atoms with van der Waals surface area (Å²) in [5.41, 5.74) is 5.23. The van der Waals surface area contributed by atoms with Crippen LogP contribution in [0.25, 0.3) is 0 Å². The largest absolute Gasteiger partial charge is 0.361 e. The minimum atomic E-state index is -0.381. The van der Waals surface area contributed by atoms with Crippen molar-refractivity contribution in [3.63, 3.8) is 0 Å². The van der Waals surface area contributed by atoms with Gasteiger partial charge in [-0.1, -0.05) is 0 Å². The quantitative estimate of drug-likeness (QED) is 0.639. The molecule has 2 amide bonds. The number of methoxy groups -OCH3 is 1. The maximum Gasteiger partial charge on any atom is 0.317 e. The summed E-state index contributed by atoms with van der Waals surface area (Å²) < 4.78 is 5.16. The first kappa shape index (κ1) is 9.32. The number of amides is 2. The minimum absolute atomic E-state index is 0.119. The molecule has 1 fully saturated rings. The van der Waals surface area contributed by atoms with Crippen LogP contribution in [-0.2, 0) is 4.74 Å². The lowest BCUT2D eigenvalue weighted by atomic mass is 10.0. The Labute approximate surface area is 72.7 Å². The number of carbonyl (C=O) groups excluding carboxylic acids is 1. The zero-order valence-electron chi connectivity index (χ0n) is 7.62. The lowest BCUT2D eigenvalue weighted by Crippen LogP contribution is -2.51. The fourth-order valence-electron chi connectivity index (χ4n) is 1.74. The van der Waals surface area contributed by atoms with E-state index in [2.05, 4.69) is 0 Å². The van der Waals surface area contributed by atoms with Crippen LogP contribution in [0, 0.1) is 0 Å². The predicted molar refractivity (Wildman–Crippen MR) is 45.5 cm³/mol. The van der Waals surface area contributed by atoms with Crippen LogP contribution in [0.5, 0.6) is 0 Å². The van der Waals surface area contributed by atoms with Crippen molar-refractivity contribution in [2.45, 2.75) is 38.5 Å². The molecule has 1 aliphatic rings. The van der Waals surface area contributed by atoms with E-state index in [0.29, 0.717) is 0 Å². The van der Waals surface area contributed by atoms with E-state index in [1.807, 2.05) is 6.92 Å². The van der Waals surface area contributed by atoms with Crippen molar-refractivity contribution in [2.24, 2.45) is 5.73 Å². The van der Waals surface area contributed by atoms with E-state index in [-0.39, 0.29) is 18.3 Å². The number of nitrogens with zero attached hydrogens (tertiary/aromatic N) is 1. The maximum absolute atomic E-state index is 11.0. The Kier molecular flexibility index (Phi) is 2.92. The van der Waals surface area contributed by atoms with E-state index in [0.717, 1.165) is 19.3 Å². The van der Waals surface area contributed by atoms with Gasteiger partial charge in [-0.05, 0) is 26.2 Å². The molecular formula is C8H16N2O2. The molecule has 12 heavy (non-hydrogen) atoms. The molecule has 0 radical (unpaired) electrons. The number of primary amides is 1. The van der Waals surface area contributed by atoms with Gasteiger partial charge in [0, 0.05) is 13.2 Å². The molecule has 1 heterocycles. The molecular weight excluding hydrogens is 156 g/mol. The first-order chi connectivity index (χ1) is 5.66. The number of rotatable bonds is 1. The van der Waals surface area contributed by atoms with Gasteiger partial charge in [-0.25, -0.2) is 4.79 Å². The van der Waals surface area contributed by atoms with E-state index < -0.39 is 0 Å². The first-order valence-electron chi connectivity index (χ1n) is 4.27. The van der Waals surface area contributed by atoms with Gasteiger partial charge in [-0.15, -0.1) is 0 Å². The maximum atomic E-state index is 11.0. The number of nitrogens with two attached hydrogens (primary N) is 1.